The molecule has 0 bridgehead atoms. The van der Waals surface area contributed by atoms with Crippen molar-refractivity contribution in [3.05, 3.63) is 85.1 Å². The van der Waals surface area contributed by atoms with Crippen molar-refractivity contribution in [2.75, 3.05) is 26.4 Å². The van der Waals surface area contributed by atoms with E-state index < -0.39 is 124 Å². The number of hydrogen-bond donors (Lipinski definition) is 12. The Balaban J connectivity index is 1.56. The van der Waals surface area contributed by atoms with Gasteiger partial charge in [0.25, 0.3) is 0 Å². The Kier molecular flexibility index (Phi) is 33.2. The fourth-order valence-corrected chi connectivity index (χ4v) is 8.28. The van der Waals surface area contributed by atoms with Gasteiger partial charge in [-0.15, -0.1) is 0 Å². The smallest absolute Gasteiger partial charge is 0.220 e. The fourth-order valence-electron chi connectivity index (χ4n) is 8.28. The molecule has 17 unspecified atom stereocenters. The van der Waals surface area contributed by atoms with Crippen LogP contribution in [0.4, 0.5) is 0 Å². The summed E-state index contributed by atoms with van der Waals surface area (Å²) in [6, 6.07) is -1.01. The summed E-state index contributed by atoms with van der Waals surface area (Å²) in [7, 11) is 0. The van der Waals surface area contributed by atoms with Crippen LogP contribution in [0.2, 0.25) is 0 Å². The minimum Gasteiger partial charge on any atom is -0.394 e. The molecule has 0 radical (unpaired) electrons. The van der Waals surface area contributed by atoms with Crippen LogP contribution in [0, 0.1) is 0 Å². The van der Waals surface area contributed by atoms with Gasteiger partial charge < -0.3 is 89.9 Å². The van der Waals surface area contributed by atoms with Crippen molar-refractivity contribution in [1.29, 1.82) is 0 Å². The largest absolute Gasteiger partial charge is 0.394 e. The van der Waals surface area contributed by atoms with E-state index in [0.29, 0.717) is 12.8 Å². The number of allylic oxidation sites excluding steroid dienone is 13. The van der Waals surface area contributed by atoms with E-state index in [1.165, 1.54) is 0 Å². The van der Waals surface area contributed by atoms with Crippen molar-refractivity contribution < 1.29 is 89.4 Å². The maximum atomic E-state index is 13.2. The monoisotopic (exact) mass is 1040 g/mol. The molecule has 0 spiro atoms. The van der Waals surface area contributed by atoms with Gasteiger partial charge in [0, 0.05) is 6.42 Å². The summed E-state index contributed by atoms with van der Waals surface area (Å²) in [4.78, 5) is 13.2. The normalized spacial score (nSPS) is 32.4. The van der Waals surface area contributed by atoms with Crippen LogP contribution in [0.15, 0.2) is 85.1 Å². The molecule has 19 nitrogen and oxygen atoms in total. The van der Waals surface area contributed by atoms with Crippen LogP contribution in [-0.4, -0.2) is 193 Å². The summed E-state index contributed by atoms with van der Waals surface area (Å²) in [6.07, 6.45) is 15.9. The second-order valence-corrected chi connectivity index (χ2v) is 18.6. The van der Waals surface area contributed by atoms with Crippen molar-refractivity contribution >= 4 is 5.91 Å². The van der Waals surface area contributed by atoms with Gasteiger partial charge in [-0.3, -0.25) is 4.79 Å². The van der Waals surface area contributed by atoms with Crippen LogP contribution < -0.4 is 5.32 Å². The van der Waals surface area contributed by atoms with Gasteiger partial charge in [0.15, 0.2) is 18.9 Å². The Morgan fingerprint density at radius 3 is 1.51 bits per heavy atom. The highest BCUT2D eigenvalue weighted by atomic mass is 16.8. The molecule has 12 N–H and O–H groups in total. The number of amides is 1. The van der Waals surface area contributed by atoms with E-state index in [1.54, 1.807) is 12.2 Å². The van der Waals surface area contributed by atoms with Gasteiger partial charge in [-0.25, -0.2) is 0 Å². The van der Waals surface area contributed by atoms with Gasteiger partial charge in [0.05, 0.1) is 38.6 Å². The zero-order valence-corrected chi connectivity index (χ0v) is 42.8. The summed E-state index contributed by atoms with van der Waals surface area (Å²) in [6.45, 7) is 1.42. The quantitative estimate of drug-likeness (QED) is 0.0321. The van der Waals surface area contributed by atoms with E-state index in [4.69, 9.17) is 28.4 Å². The Hall–Kier alpha value is -3.03. The average molecular weight is 1040 g/mol. The molecule has 3 fully saturated rings. The molecule has 73 heavy (non-hydrogen) atoms. The van der Waals surface area contributed by atoms with Crippen molar-refractivity contribution in [2.24, 2.45) is 0 Å². The molecule has 1 amide bonds. The van der Waals surface area contributed by atoms with E-state index in [2.05, 4.69) is 92.1 Å². The molecule has 3 aliphatic rings. The Morgan fingerprint density at radius 1 is 0.507 bits per heavy atom. The van der Waals surface area contributed by atoms with Crippen LogP contribution in [0.3, 0.4) is 0 Å². The van der Waals surface area contributed by atoms with Crippen LogP contribution >= 0.6 is 0 Å². The number of hydrogen-bond acceptors (Lipinski definition) is 18. The highest BCUT2D eigenvalue weighted by Gasteiger charge is 2.53. The highest BCUT2D eigenvalue weighted by molar-refractivity contribution is 5.76. The lowest BCUT2D eigenvalue weighted by Gasteiger charge is -2.48. The lowest BCUT2D eigenvalue weighted by molar-refractivity contribution is -0.379. The maximum Gasteiger partial charge on any atom is 0.220 e. The van der Waals surface area contributed by atoms with E-state index in [0.717, 1.165) is 83.5 Å². The second-order valence-electron chi connectivity index (χ2n) is 18.6. The van der Waals surface area contributed by atoms with Crippen LogP contribution in [0.25, 0.3) is 0 Å². The molecule has 0 aromatic heterocycles. The minimum absolute atomic E-state index is 0.198. The molecule has 0 saturated carbocycles. The number of aliphatic hydroxyl groups excluding tert-OH is 11. The Morgan fingerprint density at radius 2 is 0.959 bits per heavy atom. The number of carbonyl (C=O) groups excluding carboxylic acids is 1. The van der Waals surface area contributed by atoms with Gasteiger partial charge in [0.1, 0.15) is 73.2 Å². The topological polar surface area (TPSA) is 307 Å². The van der Waals surface area contributed by atoms with Gasteiger partial charge in [-0.2, -0.15) is 0 Å². The number of ether oxygens (including phenoxy) is 6. The third-order valence-corrected chi connectivity index (χ3v) is 12.6. The first kappa shape index (κ1) is 64.3. The molecule has 3 rings (SSSR count). The predicted molar refractivity (Wildman–Crippen MR) is 272 cm³/mol. The number of aliphatic hydroxyl groups is 11. The molecule has 19 heteroatoms. The van der Waals surface area contributed by atoms with Crippen LogP contribution in [0.5, 0.6) is 0 Å². The van der Waals surface area contributed by atoms with Crippen molar-refractivity contribution in [3.63, 3.8) is 0 Å². The van der Waals surface area contributed by atoms with E-state index in [9.17, 15) is 61.0 Å². The molecule has 418 valence electrons. The highest BCUT2D eigenvalue weighted by Crippen LogP contribution is 2.33. The third-order valence-electron chi connectivity index (χ3n) is 12.6. The molecule has 17 atom stereocenters. The lowest BCUT2D eigenvalue weighted by atomic mass is 9.96. The molecule has 3 saturated heterocycles. The lowest BCUT2D eigenvalue weighted by Crippen LogP contribution is -2.66. The number of carbonyl (C=O) groups is 1. The van der Waals surface area contributed by atoms with Gasteiger partial charge in [-0.1, -0.05) is 118 Å². The predicted octanol–water partition coefficient (Wildman–Crippen LogP) is 2.47. The number of rotatable bonds is 35. The van der Waals surface area contributed by atoms with Crippen molar-refractivity contribution in [2.45, 2.75) is 221 Å². The van der Waals surface area contributed by atoms with Crippen molar-refractivity contribution in [1.82, 2.24) is 5.32 Å². The Bertz CT molecular complexity index is 1670. The first-order chi connectivity index (χ1) is 35.3. The van der Waals surface area contributed by atoms with Crippen molar-refractivity contribution in [3.8, 4) is 0 Å². The summed E-state index contributed by atoms with van der Waals surface area (Å²) < 4.78 is 34.1. The second kappa shape index (κ2) is 37.7. The molecule has 3 aliphatic heterocycles. The summed E-state index contributed by atoms with van der Waals surface area (Å²) in [5.74, 6) is -0.321. The summed E-state index contributed by atoms with van der Waals surface area (Å²) >= 11 is 0. The number of unbranched alkanes of at least 4 members (excludes halogenated alkanes) is 7. The molecule has 0 aromatic carbocycles. The summed E-state index contributed by atoms with van der Waals surface area (Å²) in [5, 5.41) is 120. The molecule has 3 heterocycles. The molecular formula is C54H89NO18. The van der Waals surface area contributed by atoms with E-state index >= 15 is 0 Å². The zero-order valence-electron chi connectivity index (χ0n) is 42.8. The third kappa shape index (κ3) is 23.0. The van der Waals surface area contributed by atoms with E-state index in [1.807, 2.05) is 0 Å². The van der Waals surface area contributed by atoms with Gasteiger partial charge in [0.2, 0.25) is 5.91 Å². The van der Waals surface area contributed by atoms with Gasteiger partial charge >= 0.3 is 0 Å². The van der Waals surface area contributed by atoms with E-state index in [-0.39, 0.29) is 18.9 Å². The fraction of sp³-hybridized carbons (Fsp3) is 0.722. The van der Waals surface area contributed by atoms with Crippen LogP contribution in [-0.2, 0) is 33.2 Å². The SMILES string of the molecule is CC/C=C\C/C=C\C/C=C\C/C=C\CCCCCCC(=O)NC(COC1OC(CO)C(OC2OC(CO)C(OC3OC(CO)C(O)C(O)C3O)C(O)C2O)C(O)C1O)C(O)/C=C/CC/C=C/CC/C=C/CCC. The molecular weight excluding hydrogens is 951 g/mol. The molecule has 0 aliphatic carbocycles. The minimum atomic E-state index is -1.99. The molecule has 0 aromatic rings. The number of nitrogens with one attached hydrogen (secondary N) is 1. The average Bonchev–Trinajstić information content (AvgIpc) is 3.39. The first-order valence-corrected chi connectivity index (χ1v) is 26.3. The summed E-state index contributed by atoms with van der Waals surface area (Å²) in [5.41, 5.74) is 0. The first-order valence-electron chi connectivity index (χ1n) is 26.3. The zero-order chi connectivity index (χ0) is 53.4. The van der Waals surface area contributed by atoms with Crippen LogP contribution in [0.1, 0.15) is 117 Å². The van der Waals surface area contributed by atoms with Gasteiger partial charge in [-0.05, 0) is 77.0 Å². The Labute approximate surface area is 431 Å². The standard InChI is InChI=1S/C54H89NO18/c1-3-5-7-9-11-13-15-16-17-18-19-20-22-24-26-28-30-32-42(60)55-37(38(59)31-29-27-25-23-21-14-12-10-8-6-4-2)36-68-52-48(66)45(63)50(40(34-57)70-52)73-54-49(67)46(64)51(41(35-58)71-54)72-53-47(65)44(62)43(61)39(33-56)69-53/h5,7-8,10-11,13,16-17,19-21,23,29,31,37-41,43-54,56-59,61-67H,3-4,6,9,12,14-15,18,22,24-28,30,32-36H2,1-2H3,(H,55,60)/b7-5-,10-8+,13-11-,17-16-,20-19-,23-21+,31-29+. The maximum absolute atomic E-state index is 13.2.